The van der Waals surface area contributed by atoms with E-state index < -0.39 is 5.41 Å². The third-order valence-electron chi connectivity index (χ3n) is 10.5. The van der Waals surface area contributed by atoms with Gasteiger partial charge in [0, 0.05) is 15.6 Å². The summed E-state index contributed by atoms with van der Waals surface area (Å²) in [5.74, 6) is 5.56. The molecule has 8 aliphatic carbocycles. The number of esters is 1. The summed E-state index contributed by atoms with van der Waals surface area (Å²) in [4.78, 5) is 28.4. The van der Waals surface area contributed by atoms with Gasteiger partial charge in [0.2, 0.25) is 0 Å². The van der Waals surface area contributed by atoms with Gasteiger partial charge in [-0.2, -0.15) is 0 Å². The first-order valence-electron chi connectivity index (χ1n) is 10.5. The van der Waals surface area contributed by atoms with Crippen LogP contribution in [-0.2, 0) is 14.3 Å². The topological polar surface area (TPSA) is 43.4 Å². The van der Waals surface area contributed by atoms with Gasteiger partial charge in [-0.3, -0.25) is 9.59 Å². The largest absolute Gasteiger partial charge is 0.468 e. The fourth-order valence-corrected chi connectivity index (χ4v) is 12.7. The van der Waals surface area contributed by atoms with Crippen LogP contribution in [0.4, 0.5) is 0 Å². The second-order valence-electron chi connectivity index (χ2n) is 10.3. The van der Waals surface area contributed by atoms with E-state index in [-0.39, 0.29) is 23.7 Å². The Morgan fingerprint density at radius 1 is 0.885 bits per heavy atom. The molecule has 8 rings (SSSR count). The van der Waals surface area contributed by atoms with Crippen LogP contribution in [0.1, 0.15) is 25.7 Å². The Bertz CT molecular complexity index is 754. The number of methoxy groups -OCH3 is 1. The fourth-order valence-electron chi connectivity index (χ4n) is 10.7. The van der Waals surface area contributed by atoms with Crippen molar-refractivity contribution < 1.29 is 14.3 Å². The van der Waals surface area contributed by atoms with Gasteiger partial charge in [0.25, 0.3) is 0 Å². The highest BCUT2D eigenvalue weighted by atomic mass is 79.9. The van der Waals surface area contributed by atoms with Crippen molar-refractivity contribution in [1.82, 2.24) is 0 Å². The first kappa shape index (κ1) is 16.0. The summed E-state index contributed by atoms with van der Waals surface area (Å²) in [5.41, 5.74) is -0.798. The second-order valence-corrected chi connectivity index (χ2v) is 12.6. The van der Waals surface area contributed by atoms with E-state index in [2.05, 4.69) is 31.9 Å². The third-order valence-corrected chi connectivity index (χ3v) is 12.6. The maximum absolute atomic E-state index is 14.0. The molecule has 8 bridgehead atoms. The average molecular weight is 484 g/mol. The molecule has 140 valence electrons. The molecule has 0 aliphatic heterocycles. The number of rotatable bonds is 1. The molecule has 0 N–H and O–H groups in total. The van der Waals surface area contributed by atoms with Gasteiger partial charge in [0.1, 0.15) is 5.41 Å². The van der Waals surface area contributed by atoms with E-state index in [0.29, 0.717) is 62.8 Å². The molecule has 0 spiro atoms. The van der Waals surface area contributed by atoms with Crippen LogP contribution in [0.3, 0.4) is 0 Å². The summed E-state index contributed by atoms with van der Waals surface area (Å²) in [5, 5.41) is 0. The van der Waals surface area contributed by atoms with Crippen molar-refractivity contribution in [3.63, 3.8) is 0 Å². The molecular formula is C21H24Br2O3. The van der Waals surface area contributed by atoms with Crippen molar-refractivity contribution >= 4 is 43.6 Å². The van der Waals surface area contributed by atoms with E-state index in [9.17, 15) is 9.59 Å². The number of ketones is 1. The zero-order valence-corrected chi connectivity index (χ0v) is 18.0. The third kappa shape index (κ3) is 1.28. The number of hydrogen-bond acceptors (Lipinski definition) is 3. The van der Waals surface area contributed by atoms with Crippen LogP contribution in [0.15, 0.2) is 0 Å². The average Bonchev–Trinajstić information content (AvgIpc) is 3.37. The molecule has 0 saturated heterocycles. The zero-order chi connectivity index (χ0) is 17.7. The standard InChI is InChI=1S/C21H24Br2O3/c1-26-20(25)21-17-7-3-5-8(22)10(7)13-15(17)14-12(16(13)19(21)24)6-2-4-9(23)11(6)18(14)21/h6-18H,2-5H2,1H3/t6-,7-,8+,9+,10+,11-,12+,13-,14-,15-,16+,17+,18+,21-/m1/s1. The normalized spacial score (nSPS) is 68.0. The van der Waals surface area contributed by atoms with E-state index in [1.807, 2.05) is 0 Å². The monoisotopic (exact) mass is 482 g/mol. The van der Waals surface area contributed by atoms with E-state index in [0.717, 1.165) is 0 Å². The Morgan fingerprint density at radius 2 is 1.54 bits per heavy atom. The minimum Gasteiger partial charge on any atom is -0.468 e. The van der Waals surface area contributed by atoms with Gasteiger partial charge in [0.15, 0.2) is 5.78 Å². The summed E-state index contributed by atoms with van der Waals surface area (Å²) < 4.78 is 5.42. The quantitative estimate of drug-likeness (QED) is 0.324. The van der Waals surface area contributed by atoms with Gasteiger partial charge in [-0.1, -0.05) is 31.9 Å². The fraction of sp³-hybridized carbons (Fsp3) is 0.905. The predicted octanol–water partition coefficient (Wildman–Crippen LogP) is 3.68. The van der Waals surface area contributed by atoms with Crippen LogP contribution >= 0.6 is 31.9 Å². The molecule has 3 nitrogen and oxygen atoms in total. The first-order chi connectivity index (χ1) is 12.5. The summed E-state index contributed by atoms with van der Waals surface area (Å²) in [6.07, 6.45) is 4.85. The number of alkyl halides is 2. The van der Waals surface area contributed by atoms with Crippen LogP contribution in [0.25, 0.3) is 0 Å². The van der Waals surface area contributed by atoms with E-state index >= 15 is 0 Å². The number of carbonyl (C=O) groups excluding carboxylic acids is 2. The Labute approximate surface area is 170 Å². The number of ether oxygens (including phenoxy) is 1. The number of fused-ring (bicyclic) bond motifs is 2. The first-order valence-corrected chi connectivity index (χ1v) is 12.3. The lowest BCUT2D eigenvalue weighted by Gasteiger charge is -2.44. The Balaban J connectivity index is 1.51. The molecule has 0 heterocycles. The number of hydrogen-bond donors (Lipinski definition) is 0. The van der Waals surface area contributed by atoms with Gasteiger partial charge in [-0.15, -0.1) is 0 Å². The van der Waals surface area contributed by atoms with E-state index in [4.69, 9.17) is 4.74 Å². The number of carbonyl (C=O) groups is 2. The second kappa shape index (κ2) is 4.63. The maximum Gasteiger partial charge on any atom is 0.319 e. The summed E-state index contributed by atoms with van der Waals surface area (Å²) in [6, 6.07) is 0. The van der Waals surface area contributed by atoms with Crippen LogP contribution in [0.2, 0.25) is 0 Å². The van der Waals surface area contributed by atoms with Crippen molar-refractivity contribution in [1.29, 1.82) is 0 Å². The molecule has 0 aromatic rings. The molecule has 0 aromatic heterocycles. The highest BCUT2D eigenvalue weighted by Gasteiger charge is 2.90. The molecule has 0 radical (unpaired) electrons. The van der Waals surface area contributed by atoms with Crippen molar-refractivity contribution in [2.45, 2.75) is 35.3 Å². The Hall–Kier alpha value is 0.1000. The molecule has 0 unspecified atom stereocenters. The lowest BCUT2D eigenvalue weighted by Crippen LogP contribution is -2.56. The number of halogens is 2. The molecule has 0 amide bonds. The predicted molar refractivity (Wildman–Crippen MR) is 102 cm³/mol. The highest BCUT2D eigenvalue weighted by molar-refractivity contribution is 9.09. The molecule has 5 heteroatoms. The van der Waals surface area contributed by atoms with Gasteiger partial charge < -0.3 is 4.74 Å². The van der Waals surface area contributed by atoms with E-state index in [1.165, 1.54) is 32.8 Å². The molecule has 8 saturated carbocycles. The van der Waals surface area contributed by atoms with Crippen LogP contribution in [0, 0.1) is 70.5 Å². The highest BCUT2D eigenvalue weighted by Crippen LogP contribution is 2.87. The minimum absolute atomic E-state index is 0.151. The van der Waals surface area contributed by atoms with Crippen molar-refractivity contribution in [2.24, 2.45) is 70.5 Å². The molecule has 26 heavy (non-hydrogen) atoms. The maximum atomic E-state index is 14.0. The lowest BCUT2D eigenvalue weighted by molar-refractivity contribution is -0.172. The smallest absolute Gasteiger partial charge is 0.319 e. The van der Waals surface area contributed by atoms with Crippen LogP contribution in [0.5, 0.6) is 0 Å². The van der Waals surface area contributed by atoms with Crippen molar-refractivity contribution in [3.05, 3.63) is 0 Å². The van der Waals surface area contributed by atoms with Gasteiger partial charge in [-0.05, 0) is 84.9 Å². The molecular weight excluding hydrogens is 460 g/mol. The SMILES string of the molecule is COC(=O)[C@@]12C(=O)[C@@H]3[C@H]4[C@H]([C@H]5[C@@H]3[C@@H]3CC[C@H](Br)[C@@H]3[C@@H]51)[C@@H]2[C@@H]1CC[C@H](Br)[C@H]14. The minimum atomic E-state index is -0.798. The van der Waals surface area contributed by atoms with Crippen molar-refractivity contribution in [2.75, 3.05) is 7.11 Å². The van der Waals surface area contributed by atoms with E-state index in [1.54, 1.807) is 0 Å². The summed E-state index contributed by atoms with van der Waals surface area (Å²) >= 11 is 7.94. The summed E-state index contributed by atoms with van der Waals surface area (Å²) in [6.45, 7) is 0. The Morgan fingerprint density at radius 3 is 2.27 bits per heavy atom. The summed E-state index contributed by atoms with van der Waals surface area (Å²) in [7, 11) is 1.51. The molecule has 0 aromatic carbocycles. The van der Waals surface area contributed by atoms with Gasteiger partial charge in [-0.25, -0.2) is 0 Å². The molecule has 8 aliphatic rings. The van der Waals surface area contributed by atoms with Gasteiger partial charge >= 0.3 is 5.97 Å². The zero-order valence-electron chi connectivity index (χ0n) is 14.8. The lowest BCUT2D eigenvalue weighted by atomic mass is 9.56. The van der Waals surface area contributed by atoms with Gasteiger partial charge in [0.05, 0.1) is 7.11 Å². The Kier molecular flexibility index (Phi) is 2.84. The molecule has 14 atom stereocenters. The van der Waals surface area contributed by atoms with Crippen LogP contribution in [-0.4, -0.2) is 28.5 Å². The molecule has 8 fully saturated rings. The van der Waals surface area contributed by atoms with Crippen molar-refractivity contribution in [3.8, 4) is 0 Å². The van der Waals surface area contributed by atoms with Crippen LogP contribution < -0.4 is 0 Å². The number of Topliss-reactive ketones (excluding diaryl/α,β-unsaturated/α-hetero) is 1.